The van der Waals surface area contributed by atoms with Gasteiger partial charge in [-0.2, -0.15) is 0 Å². The van der Waals surface area contributed by atoms with Crippen LogP contribution in [0.2, 0.25) is 0 Å². The van der Waals surface area contributed by atoms with Crippen molar-refractivity contribution in [3.63, 3.8) is 0 Å². The van der Waals surface area contributed by atoms with Gasteiger partial charge in [-0.05, 0) is 56.3 Å². The minimum Gasteiger partial charge on any atom is -0.496 e. The summed E-state index contributed by atoms with van der Waals surface area (Å²) in [5.41, 5.74) is 3.87. The Kier molecular flexibility index (Phi) is 7.53. The zero-order chi connectivity index (χ0) is 14.1. The van der Waals surface area contributed by atoms with E-state index in [9.17, 15) is 0 Å². The average molecular weight is 265 g/mol. The molecular weight excluding hydrogens is 238 g/mol. The summed E-state index contributed by atoms with van der Waals surface area (Å²) in [5, 5.41) is 3.37. The predicted octanol–water partition coefficient (Wildman–Crippen LogP) is 2.87. The highest BCUT2D eigenvalue weighted by molar-refractivity contribution is 5.43. The lowest BCUT2D eigenvalue weighted by atomic mass is 10.0. The topological polar surface area (TPSA) is 30.5 Å². The Morgan fingerprint density at radius 3 is 2.26 bits per heavy atom. The Balaban J connectivity index is 2.30. The summed E-state index contributed by atoms with van der Waals surface area (Å²) >= 11 is 0. The number of aryl methyl sites for hydroxylation is 3. The molecule has 108 valence electrons. The zero-order valence-corrected chi connectivity index (χ0v) is 12.7. The van der Waals surface area contributed by atoms with Crippen molar-refractivity contribution in [2.45, 2.75) is 33.1 Å². The van der Waals surface area contributed by atoms with Gasteiger partial charge in [-0.1, -0.05) is 12.1 Å². The van der Waals surface area contributed by atoms with Crippen LogP contribution in [-0.4, -0.2) is 33.9 Å². The summed E-state index contributed by atoms with van der Waals surface area (Å²) in [6.07, 6.45) is 3.55. The molecule has 0 heterocycles. The Bertz CT molecular complexity index is 354. The number of hydrogen-bond donors (Lipinski definition) is 1. The summed E-state index contributed by atoms with van der Waals surface area (Å²) in [6, 6.07) is 4.48. The van der Waals surface area contributed by atoms with E-state index in [1.807, 2.05) is 0 Å². The molecule has 0 unspecified atom stereocenters. The summed E-state index contributed by atoms with van der Waals surface area (Å²) in [5.74, 6) is 1.02. The smallest absolute Gasteiger partial charge is 0.124 e. The summed E-state index contributed by atoms with van der Waals surface area (Å²) < 4.78 is 10.4. The SMILES string of the molecule is COCCNCCCCc1cc(C)c(OC)c(C)c1. The third-order valence-corrected chi connectivity index (χ3v) is 3.28. The Labute approximate surface area is 117 Å². The molecule has 3 heteroatoms. The van der Waals surface area contributed by atoms with Gasteiger partial charge in [0.15, 0.2) is 0 Å². The molecule has 1 N–H and O–H groups in total. The first-order valence-electron chi connectivity index (χ1n) is 7.02. The first-order chi connectivity index (χ1) is 9.19. The molecule has 19 heavy (non-hydrogen) atoms. The van der Waals surface area contributed by atoms with E-state index in [0.717, 1.165) is 31.9 Å². The van der Waals surface area contributed by atoms with Crippen molar-refractivity contribution in [2.24, 2.45) is 0 Å². The van der Waals surface area contributed by atoms with Crippen LogP contribution in [0.4, 0.5) is 0 Å². The van der Waals surface area contributed by atoms with Gasteiger partial charge in [0.1, 0.15) is 5.75 Å². The number of unbranched alkanes of at least 4 members (excludes halogenated alkanes) is 1. The molecule has 0 spiro atoms. The lowest BCUT2D eigenvalue weighted by molar-refractivity contribution is 0.199. The van der Waals surface area contributed by atoms with E-state index in [1.54, 1.807) is 14.2 Å². The number of methoxy groups -OCH3 is 2. The molecule has 1 rings (SSSR count). The van der Waals surface area contributed by atoms with Crippen molar-refractivity contribution < 1.29 is 9.47 Å². The maximum Gasteiger partial charge on any atom is 0.124 e. The molecule has 1 aromatic rings. The Morgan fingerprint density at radius 2 is 1.68 bits per heavy atom. The van der Waals surface area contributed by atoms with Gasteiger partial charge < -0.3 is 14.8 Å². The quantitative estimate of drug-likeness (QED) is 0.696. The number of benzene rings is 1. The first kappa shape index (κ1) is 16.0. The number of hydrogen-bond acceptors (Lipinski definition) is 3. The summed E-state index contributed by atoms with van der Waals surface area (Å²) in [7, 11) is 3.47. The second kappa shape index (κ2) is 8.94. The van der Waals surface area contributed by atoms with Gasteiger partial charge in [-0.25, -0.2) is 0 Å². The van der Waals surface area contributed by atoms with E-state index in [4.69, 9.17) is 9.47 Å². The number of nitrogens with one attached hydrogen (secondary N) is 1. The third-order valence-electron chi connectivity index (χ3n) is 3.28. The zero-order valence-electron chi connectivity index (χ0n) is 12.7. The highest BCUT2D eigenvalue weighted by atomic mass is 16.5. The molecule has 0 aromatic heterocycles. The van der Waals surface area contributed by atoms with Crippen LogP contribution in [0.3, 0.4) is 0 Å². The largest absolute Gasteiger partial charge is 0.496 e. The molecular formula is C16H27NO2. The normalized spacial score (nSPS) is 10.7. The van der Waals surface area contributed by atoms with Crippen molar-refractivity contribution in [1.82, 2.24) is 5.32 Å². The standard InChI is InChI=1S/C16H27NO2/c1-13-11-15(12-14(2)16(13)19-4)7-5-6-8-17-9-10-18-3/h11-12,17H,5-10H2,1-4H3. The van der Waals surface area contributed by atoms with Crippen molar-refractivity contribution in [3.05, 3.63) is 28.8 Å². The van der Waals surface area contributed by atoms with Crippen molar-refractivity contribution >= 4 is 0 Å². The number of ether oxygens (including phenoxy) is 2. The molecule has 3 nitrogen and oxygen atoms in total. The summed E-state index contributed by atoms with van der Waals surface area (Å²) in [4.78, 5) is 0. The molecule has 0 aliphatic carbocycles. The monoisotopic (exact) mass is 265 g/mol. The molecule has 0 amide bonds. The van der Waals surface area contributed by atoms with E-state index in [-0.39, 0.29) is 0 Å². The van der Waals surface area contributed by atoms with Gasteiger partial charge in [0.05, 0.1) is 13.7 Å². The molecule has 0 radical (unpaired) electrons. The molecule has 1 aromatic carbocycles. The minimum atomic E-state index is 0.789. The molecule has 0 fully saturated rings. The van der Waals surface area contributed by atoms with Crippen LogP contribution in [0.15, 0.2) is 12.1 Å². The van der Waals surface area contributed by atoms with Crippen LogP contribution in [0.1, 0.15) is 29.5 Å². The highest BCUT2D eigenvalue weighted by Gasteiger charge is 2.04. The highest BCUT2D eigenvalue weighted by Crippen LogP contribution is 2.24. The second-order valence-corrected chi connectivity index (χ2v) is 4.96. The lowest BCUT2D eigenvalue weighted by Gasteiger charge is -2.11. The van der Waals surface area contributed by atoms with Crippen molar-refractivity contribution in [3.8, 4) is 5.75 Å². The van der Waals surface area contributed by atoms with Gasteiger partial charge in [-0.15, -0.1) is 0 Å². The fraction of sp³-hybridized carbons (Fsp3) is 0.625. The molecule has 0 bridgehead atoms. The fourth-order valence-corrected chi connectivity index (χ4v) is 2.38. The average Bonchev–Trinajstić information content (AvgIpc) is 2.37. The van der Waals surface area contributed by atoms with Crippen LogP contribution in [0.5, 0.6) is 5.75 Å². The van der Waals surface area contributed by atoms with Crippen LogP contribution in [0, 0.1) is 13.8 Å². The fourth-order valence-electron chi connectivity index (χ4n) is 2.38. The van der Waals surface area contributed by atoms with E-state index >= 15 is 0 Å². The maximum atomic E-state index is 5.39. The molecule has 0 atom stereocenters. The predicted molar refractivity (Wildman–Crippen MR) is 80.2 cm³/mol. The molecule has 0 saturated carbocycles. The first-order valence-corrected chi connectivity index (χ1v) is 7.02. The lowest BCUT2D eigenvalue weighted by Crippen LogP contribution is -2.20. The third kappa shape index (κ3) is 5.62. The Morgan fingerprint density at radius 1 is 1.00 bits per heavy atom. The van der Waals surface area contributed by atoms with Gasteiger partial charge >= 0.3 is 0 Å². The molecule has 0 saturated heterocycles. The summed E-state index contributed by atoms with van der Waals surface area (Å²) in [6.45, 7) is 7.02. The molecule has 0 aliphatic heterocycles. The van der Waals surface area contributed by atoms with Gasteiger partial charge in [0.2, 0.25) is 0 Å². The minimum absolute atomic E-state index is 0.789. The van der Waals surface area contributed by atoms with E-state index < -0.39 is 0 Å². The van der Waals surface area contributed by atoms with Crippen LogP contribution < -0.4 is 10.1 Å². The van der Waals surface area contributed by atoms with Gasteiger partial charge in [-0.3, -0.25) is 0 Å². The van der Waals surface area contributed by atoms with E-state index in [0.29, 0.717) is 0 Å². The second-order valence-electron chi connectivity index (χ2n) is 4.96. The van der Waals surface area contributed by atoms with Crippen LogP contribution in [-0.2, 0) is 11.2 Å². The van der Waals surface area contributed by atoms with E-state index in [1.165, 1.54) is 29.5 Å². The molecule has 0 aliphatic rings. The van der Waals surface area contributed by atoms with Gasteiger partial charge in [0, 0.05) is 13.7 Å². The van der Waals surface area contributed by atoms with Crippen LogP contribution >= 0.6 is 0 Å². The van der Waals surface area contributed by atoms with Crippen molar-refractivity contribution in [1.29, 1.82) is 0 Å². The number of rotatable bonds is 9. The maximum absolute atomic E-state index is 5.39. The van der Waals surface area contributed by atoms with Crippen molar-refractivity contribution in [2.75, 3.05) is 33.9 Å². The van der Waals surface area contributed by atoms with Gasteiger partial charge in [0.25, 0.3) is 0 Å². The van der Waals surface area contributed by atoms with E-state index in [2.05, 4.69) is 31.3 Å². The Hall–Kier alpha value is -1.06. The van der Waals surface area contributed by atoms with Crippen LogP contribution in [0.25, 0.3) is 0 Å².